The maximum absolute atomic E-state index is 13.0. The van der Waals surface area contributed by atoms with Crippen molar-refractivity contribution in [2.24, 2.45) is 7.05 Å². The largest absolute Gasteiger partial charge is 0.459 e. The summed E-state index contributed by atoms with van der Waals surface area (Å²) in [5.74, 6) is -5.82. The lowest BCUT2D eigenvalue weighted by Gasteiger charge is -2.19. The minimum Gasteiger partial charge on any atom is -0.296 e. The lowest BCUT2D eigenvalue weighted by atomic mass is 10.1. The normalized spacial score (nSPS) is 13.7. The van der Waals surface area contributed by atoms with Gasteiger partial charge in [-0.3, -0.25) is 9.48 Å². The van der Waals surface area contributed by atoms with E-state index in [0.29, 0.717) is 7.05 Å². The highest BCUT2D eigenvalue weighted by Gasteiger charge is 2.64. The summed E-state index contributed by atoms with van der Waals surface area (Å²) in [6.45, 7) is 0. The van der Waals surface area contributed by atoms with Crippen LogP contribution in [0.5, 0.6) is 0 Å². The molecule has 0 aromatic carbocycles. The van der Waals surface area contributed by atoms with Crippen LogP contribution in [0.25, 0.3) is 0 Å². The average molecular weight is 296 g/mol. The Balaban J connectivity index is 3.67. The van der Waals surface area contributed by atoms with Gasteiger partial charge < -0.3 is 0 Å². The molecule has 0 unspecified atom stereocenters. The second-order valence-corrected chi connectivity index (χ2v) is 3.42. The van der Waals surface area contributed by atoms with Crippen molar-refractivity contribution in [3.63, 3.8) is 0 Å². The molecule has 3 nitrogen and oxygen atoms in total. The van der Waals surface area contributed by atoms with Crippen LogP contribution < -0.4 is 0 Å². The van der Waals surface area contributed by atoms with Gasteiger partial charge in [-0.1, -0.05) is 0 Å². The first-order valence-corrected chi connectivity index (χ1v) is 4.38. The first-order valence-electron chi connectivity index (χ1n) is 4.38. The van der Waals surface area contributed by atoms with Crippen LogP contribution in [0.3, 0.4) is 0 Å². The molecule has 1 rings (SSSR count). The number of hydrogen-bond acceptors (Lipinski definition) is 2. The maximum Gasteiger partial charge on any atom is 0.459 e. The third kappa shape index (κ3) is 2.40. The van der Waals surface area contributed by atoms with Crippen molar-refractivity contribution in [1.82, 2.24) is 9.78 Å². The molecule has 108 valence electrons. The minimum atomic E-state index is -6.26. The maximum atomic E-state index is 13.0. The molecule has 0 saturated carbocycles. The molecule has 0 atom stereocenters. The predicted molar refractivity (Wildman–Crippen MR) is 43.5 cm³/mol. The van der Waals surface area contributed by atoms with Crippen LogP contribution in [0.15, 0.2) is 0 Å². The van der Waals surface area contributed by atoms with E-state index in [1.807, 2.05) is 0 Å². The second-order valence-electron chi connectivity index (χ2n) is 3.42. The van der Waals surface area contributed by atoms with E-state index >= 15 is 0 Å². The molecule has 0 bridgehead atoms. The molecule has 0 spiro atoms. The van der Waals surface area contributed by atoms with Crippen molar-refractivity contribution >= 4 is 6.29 Å². The molecule has 0 N–H and O–H groups in total. The van der Waals surface area contributed by atoms with Crippen molar-refractivity contribution in [2.45, 2.75) is 18.3 Å². The molecule has 0 aliphatic rings. The summed E-state index contributed by atoms with van der Waals surface area (Å²) in [5, 5.41) is 2.48. The van der Waals surface area contributed by atoms with Gasteiger partial charge in [-0.25, -0.2) is 0 Å². The predicted octanol–water partition coefficient (Wildman–Crippen LogP) is 2.91. The van der Waals surface area contributed by atoms with Crippen LogP contribution in [0.4, 0.5) is 35.1 Å². The summed E-state index contributed by atoms with van der Waals surface area (Å²) < 4.78 is 99.7. The van der Waals surface area contributed by atoms with E-state index in [-0.39, 0.29) is 4.68 Å². The lowest BCUT2D eigenvalue weighted by Crippen LogP contribution is -2.36. The summed E-state index contributed by atoms with van der Waals surface area (Å²) >= 11 is 0. The Hall–Kier alpha value is -1.68. The highest BCUT2D eigenvalue weighted by Crippen LogP contribution is 2.48. The topological polar surface area (TPSA) is 34.9 Å². The number of alkyl halides is 8. The Bertz CT molecular complexity index is 498. The van der Waals surface area contributed by atoms with E-state index in [9.17, 15) is 39.9 Å². The van der Waals surface area contributed by atoms with E-state index in [4.69, 9.17) is 0 Å². The van der Waals surface area contributed by atoms with Gasteiger partial charge in [0.1, 0.15) is 11.3 Å². The first kappa shape index (κ1) is 15.4. The van der Waals surface area contributed by atoms with Crippen molar-refractivity contribution in [3.05, 3.63) is 17.0 Å². The molecule has 0 amide bonds. The molecule has 0 fully saturated rings. The average Bonchev–Trinajstić information content (AvgIpc) is 2.53. The van der Waals surface area contributed by atoms with Gasteiger partial charge in [0.25, 0.3) is 0 Å². The van der Waals surface area contributed by atoms with Gasteiger partial charge in [-0.15, -0.1) is 0 Å². The summed E-state index contributed by atoms with van der Waals surface area (Å²) in [6.07, 6.45) is -12.3. The fraction of sp³-hybridized carbons (Fsp3) is 0.500. The van der Waals surface area contributed by atoms with Gasteiger partial charge in [0.2, 0.25) is 0 Å². The molecule has 11 heteroatoms. The van der Waals surface area contributed by atoms with Crippen molar-refractivity contribution < 1.29 is 39.9 Å². The summed E-state index contributed by atoms with van der Waals surface area (Å²) in [5.41, 5.74) is -6.35. The van der Waals surface area contributed by atoms with E-state index in [1.54, 1.807) is 0 Å². The van der Waals surface area contributed by atoms with Crippen LogP contribution in [-0.2, 0) is 19.1 Å². The van der Waals surface area contributed by atoms with Gasteiger partial charge in [-0.05, 0) is 0 Å². The zero-order chi connectivity index (χ0) is 15.2. The van der Waals surface area contributed by atoms with Gasteiger partial charge in [0.15, 0.2) is 12.0 Å². The fourth-order valence-corrected chi connectivity index (χ4v) is 1.31. The van der Waals surface area contributed by atoms with Crippen LogP contribution in [0.2, 0.25) is 0 Å². The zero-order valence-electron chi connectivity index (χ0n) is 8.90. The van der Waals surface area contributed by atoms with E-state index in [0.717, 1.165) is 0 Å². The van der Waals surface area contributed by atoms with Gasteiger partial charge in [0.05, 0.1) is 0 Å². The van der Waals surface area contributed by atoms with Crippen LogP contribution in [-0.4, -0.2) is 22.2 Å². The van der Waals surface area contributed by atoms with Gasteiger partial charge in [0, 0.05) is 7.05 Å². The monoisotopic (exact) mass is 296 g/mol. The van der Waals surface area contributed by atoms with Crippen molar-refractivity contribution in [2.75, 3.05) is 0 Å². The molecular weight excluding hydrogens is 292 g/mol. The summed E-state index contributed by atoms with van der Waals surface area (Å²) in [4.78, 5) is 10.4. The molecular formula is C8H4F8N2O. The number of carbonyl (C=O) groups is 1. The Labute approximate surface area is 99.3 Å². The highest BCUT2D eigenvalue weighted by molar-refractivity contribution is 5.75. The molecule has 19 heavy (non-hydrogen) atoms. The number of rotatable bonds is 2. The number of halogens is 8. The number of nitrogens with zero attached hydrogens (tertiary/aromatic N) is 2. The number of aromatic nitrogens is 2. The Morgan fingerprint density at radius 1 is 1.05 bits per heavy atom. The SMILES string of the molecule is Cn1nc(C(F)(F)C(F)(F)F)c(C(F)(F)F)c1C=O. The third-order valence-corrected chi connectivity index (χ3v) is 2.14. The summed E-state index contributed by atoms with van der Waals surface area (Å²) in [7, 11) is 0.648. The van der Waals surface area contributed by atoms with Crippen molar-refractivity contribution in [3.8, 4) is 0 Å². The third-order valence-electron chi connectivity index (χ3n) is 2.14. The number of aldehydes is 1. The Morgan fingerprint density at radius 3 is 1.84 bits per heavy atom. The van der Waals surface area contributed by atoms with Crippen LogP contribution in [0.1, 0.15) is 21.7 Å². The molecule has 0 saturated heterocycles. The number of carbonyl (C=O) groups excluding carboxylic acids is 1. The Kier molecular flexibility index (Phi) is 3.37. The standard InChI is InChI=1S/C8H4F8N2O/c1-18-3(2-19)4(7(11,12)13)5(17-18)6(9,10)8(14,15)16/h2H,1H3. The number of hydrogen-bond donors (Lipinski definition) is 0. The first-order chi connectivity index (χ1) is 8.34. The molecule has 1 heterocycles. The molecule has 0 aliphatic heterocycles. The molecule has 1 aromatic rings. The molecule has 0 radical (unpaired) electrons. The molecule has 1 aromatic heterocycles. The van der Waals surface area contributed by atoms with E-state index in [2.05, 4.69) is 5.10 Å². The minimum absolute atomic E-state index is 0.0187. The number of aryl methyl sites for hydroxylation is 1. The van der Waals surface area contributed by atoms with E-state index in [1.165, 1.54) is 0 Å². The Morgan fingerprint density at radius 2 is 1.53 bits per heavy atom. The quantitative estimate of drug-likeness (QED) is 0.621. The van der Waals surface area contributed by atoms with Crippen LogP contribution in [0, 0.1) is 0 Å². The lowest BCUT2D eigenvalue weighted by molar-refractivity contribution is -0.292. The molecule has 0 aliphatic carbocycles. The van der Waals surface area contributed by atoms with Gasteiger partial charge in [-0.2, -0.15) is 40.2 Å². The highest BCUT2D eigenvalue weighted by atomic mass is 19.4. The van der Waals surface area contributed by atoms with Crippen molar-refractivity contribution in [1.29, 1.82) is 0 Å². The van der Waals surface area contributed by atoms with Gasteiger partial charge >= 0.3 is 18.3 Å². The fourth-order valence-electron chi connectivity index (χ4n) is 1.31. The summed E-state index contributed by atoms with van der Waals surface area (Å²) in [6, 6.07) is 0. The second kappa shape index (κ2) is 4.17. The zero-order valence-corrected chi connectivity index (χ0v) is 8.90. The van der Waals surface area contributed by atoms with E-state index < -0.39 is 41.5 Å². The van der Waals surface area contributed by atoms with Crippen LogP contribution >= 0.6 is 0 Å². The smallest absolute Gasteiger partial charge is 0.296 e.